The van der Waals surface area contributed by atoms with Crippen LogP contribution in [0.25, 0.3) is 5.57 Å². The highest BCUT2D eigenvalue weighted by Gasteiger charge is 2.39. The third-order valence-corrected chi connectivity index (χ3v) is 5.80. The van der Waals surface area contributed by atoms with Gasteiger partial charge in [-0.25, -0.2) is 4.79 Å². The zero-order valence-electron chi connectivity index (χ0n) is 17.0. The number of piperidine rings is 1. The minimum atomic E-state index is -0.231. The fourth-order valence-electron chi connectivity index (χ4n) is 4.46. The van der Waals surface area contributed by atoms with Crippen molar-refractivity contribution in [2.24, 2.45) is 0 Å². The molecule has 2 heterocycles. The SMILES string of the molecule is COc1cccc(OC)c1C1=CC2CCCC(C1)N2C(=O)OCc1ccccc1. The predicted octanol–water partition coefficient (Wildman–Crippen LogP) is 5.05. The number of carbonyl (C=O) groups excluding carboxylic acids is 1. The average Bonchev–Trinajstić information content (AvgIpc) is 2.76. The number of amides is 1. The van der Waals surface area contributed by atoms with Gasteiger partial charge in [-0.15, -0.1) is 0 Å². The van der Waals surface area contributed by atoms with Crippen LogP contribution in [0.3, 0.4) is 0 Å². The number of carbonyl (C=O) groups is 1. The smallest absolute Gasteiger partial charge is 0.410 e. The van der Waals surface area contributed by atoms with Crippen molar-refractivity contribution < 1.29 is 19.0 Å². The summed E-state index contributed by atoms with van der Waals surface area (Å²) in [6.07, 6.45) is 5.77. The first kappa shape index (κ1) is 19.4. The lowest BCUT2D eigenvalue weighted by atomic mass is 9.82. The second-order valence-corrected chi connectivity index (χ2v) is 7.53. The molecule has 2 bridgehead atoms. The molecule has 0 spiro atoms. The third-order valence-electron chi connectivity index (χ3n) is 5.80. The Morgan fingerprint density at radius 1 is 1.00 bits per heavy atom. The van der Waals surface area contributed by atoms with E-state index in [0.717, 1.165) is 48.3 Å². The molecule has 5 heteroatoms. The summed E-state index contributed by atoms with van der Waals surface area (Å²) >= 11 is 0. The van der Waals surface area contributed by atoms with Crippen LogP contribution < -0.4 is 9.47 Å². The van der Waals surface area contributed by atoms with Crippen molar-refractivity contribution in [3.63, 3.8) is 0 Å². The maximum atomic E-state index is 12.9. The number of hydrogen-bond donors (Lipinski definition) is 0. The first-order valence-corrected chi connectivity index (χ1v) is 10.1. The van der Waals surface area contributed by atoms with Crippen LogP contribution in [0.1, 0.15) is 36.8 Å². The fourth-order valence-corrected chi connectivity index (χ4v) is 4.46. The van der Waals surface area contributed by atoms with Crippen molar-refractivity contribution in [3.8, 4) is 11.5 Å². The number of benzene rings is 2. The second kappa shape index (κ2) is 8.60. The molecule has 1 fully saturated rings. The minimum absolute atomic E-state index is 0.0374. The molecular weight excluding hydrogens is 366 g/mol. The lowest BCUT2D eigenvalue weighted by molar-refractivity contribution is 0.0510. The summed E-state index contributed by atoms with van der Waals surface area (Å²) in [6.45, 7) is 0.298. The molecule has 0 aliphatic carbocycles. The van der Waals surface area contributed by atoms with Gasteiger partial charge in [0.2, 0.25) is 0 Å². The lowest BCUT2D eigenvalue weighted by Gasteiger charge is -2.44. The average molecular weight is 393 g/mol. The predicted molar refractivity (Wildman–Crippen MR) is 112 cm³/mol. The topological polar surface area (TPSA) is 48.0 Å². The van der Waals surface area contributed by atoms with Crippen molar-refractivity contribution in [1.82, 2.24) is 4.90 Å². The van der Waals surface area contributed by atoms with Crippen molar-refractivity contribution >= 4 is 11.7 Å². The summed E-state index contributed by atoms with van der Waals surface area (Å²) in [5, 5.41) is 0. The number of methoxy groups -OCH3 is 2. The Bertz CT molecular complexity index is 871. The molecule has 0 radical (unpaired) electrons. The molecule has 2 atom stereocenters. The number of ether oxygens (including phenoxy) is 3. The Kier molecular flexibility index (Phi) is 5.74. The number of hydrogen-bond acceptors (Lipinski definition) is 4. The number of rotatable bonds is 5. The number of nitrogens with zero attached hydrogens (tertiary/aromatic N) is 1. The van der Waals surface area contributed by atoms with E-state index in [1.807, 2.05) is 53.4 Å². The molecule has 29 heavy (non-hydrogen) atoms. The molecule has 0 N–H and O–H groups in total. The van der Waals surface area contributed by atoms with Gasteiger partial charge >= 0.3 is 6.09 Å². The summed E-state index contributed by atoms with van der Waals surface area (Å²) in [5.74, 6) is 1.60. The monoisotopic (exact) mass is 393 g/mol. The highest BCUT2D eigenvalue weighted by atomic mass is 16.6. The standard InChI is InChI=1S/C24H27NO4/c1-27-21-12-7-13-22(28-2)23(21)18-14-19-10-6-11-20(15-18)25(19)24(26)29-16-17-8-4-3-5-9-17/h3-5,7-9,12-14,19-20H,6,10-11,15-16H2,1-2H3. The Labute approximate surface area is 171 Å². The van der Waals surface area contributed by atoms with Gasteiger partial charge in [-0.05, 0) is 49.0 Å². The molecule has 0 aromatic heterocycles. The largest absolute Gasteiger partial charge is 0.496 e. The summed E-state index contributed by atoms with van der Waals surface area (Å²) < 4.78 is 16.8. The first-order chi connectivity index (χ1) is 14.2. The van der Waals surface area contributed by atoms with Gasteiger partial charge in [0.15, 0.2) is 0 Å². The molecule has 4 rings (SSSR count). The zero-order chi connectivity index (χ0) is 20.2. The molecule has 5 nitrogen and oxygen atoms in total. The summed E-state index contributed by atoms with van der Waals surface area (Å²) in [5.41, 5.74) is 3.17. The van der Waals surface area contributed by atoms with Gasteiger partial charge < -0.3 is 14.2 Å². The molecule has 0 saturated carbocycles. The van der Waals surface area contributed by atoms with Gasteiger partial charge in [-0.3, -0.25) is 4.90 Å². The normalized spacial score (nSPS) is 20.6. The van der Waals surface area contributed by atoms with Crippen LogP contribution in [0.4, 0.5) is 4.79 Å². The van der Waals surface area contributed by atoms with Crippen molar-refractivity contribution in [1.29, 1.82) is 0 Å². The Balaban J connectivity index is 1.57. The van der Waals surface area contributed by atoms with E-state index in [9.17, 15) is 4.79 Å². The van der Waals surface area contributed by atoms with Gasteiger partial charge in [0.1, 0.15) is 18.1 Å². The highest BCUT2D eigenvalue weighted by molar-refractivity contribution is 5.79. The van der Waals surface area contributed by atoms with Crippen LogP contribution in [0.2, 0.25) is 0 Å². The molecule has 1 saturated heterocycles. The molecular formula is C24H27NO4. The van der Waals surface area contributed by atoms with E-state index >= 15 is 0 Å². The maximum absolute atomic E-state index is 12.9. The summed E-state index contributed by atoms with van der Waals surface area (Å²) in [7, 11) is 3.35. The Hall–Kier alpha value is -2.95. The lowest BCUT2D eigenvalue weighted by Crippen LogP contribution is -2.51. The van der Waals surface area contributed by atoms with E-state index < -0.39 is 0 Å². The number of fused-ring (bicyclic) bond motifs is 2. The van der Waals surface area contributed by atoms with Crippen LogP contribution in [-0.4, -0.2) is 37.3 Å². The van der Waals surface area contributed by atoms with E-state index in [-0.39, 0.29) is 18.2 Å². The van der Waals surface area contributed by atoms with Gasteiger partial charge in [0, 0.05) is 6.04 Å². The molecule has 2 aliphatic heterocycles. The third kappa shape index (κ3) is 3.95. The molecule has 2 unspecified atom stereocenters. The van der Waals surface area contributed by atoms with Gasteiger partial charge in [-0.2, -0.15) is 0 Å². The minimum Gasteiger partial charge on any atom is -0.496 e. The van der Waals surface area contributed by atoms with Crippen LogP contribution in [-0.2, 0) is 11.3 Å². The van der Waals surface area contributed by atoms with Crippen LogP contribution in [0.5, 0.6) is 11.5 Å². The summed E-state index contributed by atoms with van der Waals surface area (Å²) in [4.78, 5) is 14.8. The molecule has 1 amide bonds. The van der Waals surface area contributed by atoms with E-state index in [2.05, 4.69) is 6.08 Å². The molecule has 2 aromatic carbocycles. The van der Waals surface area contributed by atoms with E-state index in [4.69, 9.17) is 14.2 Å². The molecule has 2 aromatic rings. The Morgan fingerprint density at radius 2 is 1.72 bits per heavy atom. The van der Waals surface area contributed by atoms with Crippen molar-refractivity contribution in [3.05, 3.63) is 65.7 Å². The second-order valence-electron chi connectivity index (χ2n) is 7.53. The van der Waals surface area contributed by atoms with E-state index in [1.54, 1.807) is 14.2 Å². The van der Waals surface area contributed by atoms with E-state index in [0.29, 0.717) is 6.61 Å². The van der Waals surface area contributed by atoms with Crippen LogP contribution >= 0.6 is 0 Å². The Morgan fingerprint density at radius 3 is 2.38 bits per heavy atom. The first-order valence-electron chi connectivity index (χ1n) is 10.1. The van der Waals surface area contributed by atoms with Gasteiger partial charge in [0.05, 0.1) is 25.8 Å². The fraction of sp³-hybridized carbons (Fsp3) is 0.375. The van der Waals surface area contributed by atoms with Crippen LogP contribution in [0, 0.1) is 0 Å². The highest BCUT2D eigenvalue weighted by Crippen LogP contribution is 2.43. The zero-order valence-corrected chi connectivity index (χ0v) is 17.0. The summed E-state index contributed by atoms with van der Waals surface area (Å²) in [6, 6.07) is 15.8. The van der Waals surface area contributed by atoms with Crippen molar-refractivity contribution in [2.45, 2.75) is 44.4 Å². The van der Waals surface area contributed by atoms with Crippen molar-refractivity contribution in [2.75, 3.05) is 14.2 Å². The quantitative estimate of drug-likeness (QED) is 0.713. The van der Waals surface area contributed by atoms with Crippen LogP contribution in [0.15, 0.2) is 54.6 Å². The molecule has 152 valence electrons. The van der Waals surface area contributed by atoms with E-state index in [1.165, 1.54) is 5.57 Å². The van der Waals surface area contributed by atoms with Gasteiger partial charge in [-0.1, -0.05) is 42.5 Å². The molecule has 2 aliphatic rings. The van der Waals surface area contributed by atoms with Gasteiger partial charge in [0.25, 0.3) is 0 Å². The maximum Gasteiger partial charge on any atom is 0.410 e.